The third-order valence-electron chi connectivity index (χ3n) is 2.16. The van der Waals surface area contributed by atoms with Gasteiger partial charge in [-0.3, -0.25) is 4.79 Å². The molecular formula is C13H19NO2. The number of carbonyl (C=O) groups is 1. The average molecular weight is 221 g/mol. The van der Waals surface area contributed by atoms with E-state index in [2.05, 4.69) is 12.2 Å². The van der Waals surface area contributed by atoms with E-state index >= 15 is 0 Å². The van der Waals surface area contributed by atoms with Crippen molar-refractivity contribution in [1.82, 2.24) is 5.32 Å². The van der Waals surface area contributed by atoms with Crippen LogP contribution in [0.15, 0.2) is 24.3 Å². The molecule has 0 aliphatic carbocycles. The van der Waals surface area contributed by atoms with Crippen LogP contribution in [0.2, 0.25) is 0 Å². The van der Waals surface area contributed by atoms with Crippen molar-refractivity contribution in [2.24, 2.45) is 0 Å². The molecule has 0 atom stereocenters. The Bertz CT molecular complexity index is 348. The Labute approximate surface area is 96.8 Å². The van der Waals surface area contributed by atoms with Crippen LogP contribution < -0.4 is 10.1 Å². The van der Waals surface area contributed by atoms with Gasteiger partial charge in [-0.05, 0) is 31.9 Å². The molecule has 0 heterocycles. The molecule has 0 aliphatic heterocycles. The first-order valence-electron chi connectivity index (χ1n) is 5.63. The molecule has 0 unspecified atom stereocenters. The predicted octanol–water partition coefficient (Wildman–Crippen LogP) is 2.15. The molecule has 0 spiro atoms. The van der Waals surface area contributed by atoms with Crippen molar-refractivity contribution in [2.75, 3.05) is 6.61 Å². The third kappa shape index (κ3) is 3.93. The molecule has 0 bridgehead atoms. The molecule has 1 amide bonds. The molecule has 0 aromatic heterocycles. The topological polar surface area (TPSA) is 38.3 Å². The fourth-order valence-corrected chi connectivity index (χ4v) is 1.44. The summed E-state index contributed by atoms with van der Waals surface area (Å²) in [6.45, 7) is 6.00. The van der Waals surface area contributed by atoms with Gasteiger partial charge >= 0.3 is 0 Å². The number of hydrogen-bond acceptors (Lipinski definition) is 2. The van der Waals surface area contributed by atoms with E-state index < -0.39 is 0 Å². The number of amides is 1. The smallest absolute Gasteiger partial charge is 0.258 e. The molecule has 88 valence electrons. The Morgan fingerprint density at radius 3 is 2.69 bits per heavy atom. The molecule has 3 heteroatoms. The minimum absolute atomic E-state index is 0.0786. The van der Waals surface area contributed by atoms with Crippen LogP contribution in [0, 0.1) is 0 Å². The molecule has 1 aromatic rings. The molecule has 1 rings (SSSR count). The van der Waals surface area contributed by atoms with Crippen molar-refractivity contribution < 1.29 is 9.53 Å². The summed E-state index contributed by atoms with van der Waals surface area (Å²) in [5, 5.41) is 2.79. The second kappa shape index (κ2) is 6.16. The molecule has 0 fully saturated rings. The van der Waals surface area contributed by atoms with E-state index in [9.17, 15) is 4.79 Å². The molecular weight excluding hydrogens is 202 g/mol. The second-order valence-electron chi connectivity index (χ2n) is 3.97. The molecule has 1 N–H and O–H groups in total. The summed E-state index contributed by atoms with van der Waals surface area (Å²) in [7, 11) is 0. The standard InChI is InChI=1S/C13H19NO2/c1-4-11-7-5-6-8-12(11)16-9-13(15)14-10(2)3/h5-8,10H,4,9H2,1-3H3,(H,14,15). The first-order chi connectivity index (χ1) is 7.63. The third-order valence-corrected chi connectivity index (χ3v) is 2.16. The summed E-state index contributed by atoms with van der Waals surface area (Å²) in [6, 6.07) is 7.93. The Morgan fingerprint density at radius 2 is 2.06 bits per heavy atom. The number of carbonyl (C=O) groups excluding carboxylic acids is 1. The second-order valence-corrected chi connectivity index (χ2v) is 3.97. The summed E-state index contributed by atoms with van der Waals surface area (Å²) in [5.41, 5.74) is 1.12. The van der Waals surface area contributed by atoms with E-state index in [1.54, 1.807) is 0 Å². The largest absolute Gasteiger partial charge is 0.483 e. The van der Waals surface area contributed by atoms with Crippen LogP contribution in [0.3, 0.4) is 0 Å². The maximum atomic E-state index is 11.4. The Kier molecular flexibility index (Phi) is 4.83. The minimum atomic E-state index is -0.0825. The normalized spacial score (nSPS) is 10.2. The van der Waals surface area contributed by atoms with Gasteiger partial charge in [-0.15, -0.1) is 0 Å². The summed E-state index contributed by atoms with van der Waals surface area (Å²) >= 11 is 0. The van der Waals surface area contributed by atoms with Crippen LogP contribution >= 0.6 is 0 Å². The van der Waals surface area contributed by atoms with E-state index in [1.165, 1.54) is 0 Å². The zero-order valence-electron chi connectivity index (χ0n) is 10.1. The Morgan fingerprint density at radius 1 is 1.38 bits per heavy atom. The van der Waals surface area contributed by atoms with Crippen LogP contribution in [0.5, 0.6) is 5.75 Å². The highest BCUT2D eigenvalue weighted by Gasteiger charge is 2.06. The fourth-order valence-electron chi connectivity index (χ4n) is 1.44. The van der Waals surface area contributed by atoms with Crippen molar-refractivity contribution >= 4 is 5.91 Å². The zero-order valence-corrected chi connectivity index (χ0v) is 10.1. The lowest BCUT2D eigenvalue weighted by Gasteiger charge is -2.11. The first kappa shape index (κ1) is 12.6. The number of benzene rings is 1. The van der Waals surface area contributed by atoms with E-state index in [4.69, 9.17) is 4.74 Å². The maximum Gasteiger partial charge on any atom is 0.258 e. The monoisotopic (exact) mass is 221 g/mol. The van der Waals surface area contributed by atoms with Gasteiger partial charge in [0.2, 0.25) is 0 Å². The first-order valence-corrected chi connectivity index (χ1v) is 5.63. The number of nitrogens with one attached hydrogen (secondary N) is 1. The molecule has 0 aliphatic rings. The summed E-state index contributed by atoms with van der Waals surface area (Å²) in [4.78, 5) is 11.4. The highest BCUT2D eigenvalue weighted by Crippen LogP contribution is 2.17. The summed E-state index contributed by atoms with van der Waals surface area (Å²) in [6.07, 6.45) is 0.905. The SMILES string of the molecule is CCc1ccccc1OCC(=O)NC(C)C. The van der Waals surface area contributed by atoms with Crippen LogP contribution in [-0.4, -0.2) is 18.6 Å². The zero-order chi connectivity index (χ0) is 12.0. The van der Waals surface area contributed by atoms with E-state index in [-0.39, 0.29) is 18.6 Å². The van der Waals surface area contributed by atoms with Gasteiger partial charge in [-0.1, -0.05) is 25.1 Å². The van der Waals surface area contributed by atoms with Gasteiger partial charge in [0.25, 0.3) is 5.91 Å². The number of ether oxygens (including phenoxy) is 1. The molecule has 0 radical (unpaired) electrons. The number of hydrogen-bond donors (Lipinski definition) is 1. The molecule has 0 saturated carbocycles. The van der Waals surface area contributed by atoms with Crippen molar-refractivity contribution in [1.29, 1.82) is 0 Å². The van der Waals surface area contributed by atoms with E-state index in [0.29, 0.717) is 0 Å². The van der Waals surface area contributed by atoms with Crippen LogP contribution in [-0.2, 0) is 11.2 Å². The van der Waals surface area contributed by atoms with Crippen LogP contribution in [0.4, 0.5) is 0 Å². The lowest BCUT2D eigenvalue weighted by molar-refractivity contribution is -0.123. The van der Waals surface area contributed by atoms with Crippen molar-refractivity contribution in [3.05, 3.63) is 29.8 Å². The van der Waals surface area contributed by atoms with Gasteiger partial charge in [0, 0.05) is 6.04 Å². The minimum Gasteiger partial charge on any atom is -0.483 e. The van der Waals surface area contributed by atoms with Gasteiger partial charge in [0.05, 0.1) is 0 Å². The number of aryl methyl sites for hydroxylation is 1. The number of para-hydroxylation sites is 1. The summed E-state index contributed by atoms with van der Waals surface area (Å²) < 4.78 is 5.48. The maximum absolute atomic E-state index is 11.4. The highest BCUT2D eigenvalue weighted by molar-refractivity contribution is 5.77. The van der Waals surface area contributed by atoms with E-state index in [0.717, 1.165) is 17.7 Å². The van der Waals surface area contributed by atoms with Crippen LogP contribution in [0.25, 0.3) is 0 Å². The predicted molar refractivity (Wildman–Crippen MR) is 64.6 cm³/mol. The van der Waals surface area contributed by atoms with Gasteiger partial charge in [0.1, 0.15) is 5.75 Å². The van der Waals surface area contributed by atoms with Gasteiger partial charge in [0.15, 0.2) is 6.61 Å². The lowest BCUT2D eigenvalue weighted by Crippen LogP contribution is -2.34. The summed E-state index contributed by atoms with van der Waals surface area (Å²) in [5.74, 6) is 0.713. The van der Waals surface area contributed by atoms with Crippen molar-refractivity contribution in [2.45, 2.75) is 33.2 Å². The van der Waals surface area contributed by atoms with Crippen LogP contribution in [0.1, 0.15) is 26.3 Å². The molecule has 16 heavy (non-hydrogen) atoms. The van der Waals surface area contributed by atoms with E-state index in [1.807, 2.05) is 38.1 Å². The van der Waals surface area contributed by atoms with Crippen molar-refractivity contribution in [3.8, 4) is 5.75 Å². The average Bonchev–Trinajstić information content (AvgIpc) is 2.26. The molecule has 1 aromatic carbocycles. The Balaban J connectivity index is 2.51. The van der Waals surface area contributed by atoms with Crippen molar-refractivity contribution in [3.63, 3.8) is 0 Å². The van der Waals surface area contributed by atoms with Gasteiger partial charge < -0.3 is 10.1 Å². The fraction of sp³-hybridized carbons (Fsp3) is 0.462. The highest BCUT2D eigenvalue weighted by atomic mass is 16.5. The van der Waals surface area contributed by atoms with Gasteiger partial charge in [-0.2, -0.15) is 0 Å². The lowest BCUT2D eigenvalue weighted by atomic mass is 10.1. The Hall–Kier alpha value is -1.51. The molecule has 3 nitrogen and oxygen atoms in total. The quantitative estimate of drug-likeness (QED) is 0.827. The molecule has 0 saturated heterocycles. The van der Waals surface area contributed by atoms with Gasteiger partial charge in [-0.25, -0.2) is 0 Å². The number of rotatable bonds is 5.